The third kappa shape index (κ3) is 12.6. The van der Waals surface area contributed by atoms with Gasteiger partial charge in [-0.05, 0) is 80.0 Å². The maximum absolute atomic E-state index is 14.8. The zero-order chi connectivity index (χ0) is 33.1. The molecule has 0 unspecified atom stereocenters. The Morgan fingerprint density at radius 1 is 0.652 bits per heavy atom. The van der Waals surface area contributed by atoms with Crippen LogP contribution in [0.25, 0.3) is 5.76 Å². The molecule has 3 aromatic carbocycles. The number of ether oxygens (including phenoxy) is 4. The van der Waals surface area contributed by atoms with Crippen LogP contribution >= 0.6 is 0 Å². The Balaban J connectivity index is 1.39. The van der Waals surface area contributed by atoms with E-state index < -0.39 is 17.8 Å². The molecule has 0 aliphatic heterocycles. The first kappa shape index (κ1) is 35.6. The molecular formula is C39H43FO6. The molecule has 0 fully saturated rings. The summed E-state index contributed by atoms with van der Waals surface area (Å²) in [6, 6.07) is 18.9. The van der Waals surface area contributed by atoms with E-state index in [9.17, 15) is 14.0 Å². The third-order valence-electron chi connectivity index (χ3n) is 7.21. The van der Waals surface area contributed by atoms with Gasteiger partial charge in [0.25, 0.3) is 0 Å². The van der Waals surface area contributed by atoms with Gasteiger partial charge in [0.15, 0.2) is 11.6 Å². The van der Waals surface area contributed by atoms with Crippen LogP contribution in [0.4, 0.5) is 4.39 Å². The van der Waals surface area contributed by atoms with E-state index in [4.69, 9.17) is 18.9 Å². The van der Waals surface area contributed by atoms with Gasteiger partial charge in [0.2, 0.25) is 0 Å². The number of hydrogen-bond acceptors (Lipinski definition) is 6. The second-order valence-corrected chi connectivity index (χ2v) is 10.8. The number of esters is 2. The van der Waals surface area contributed by atoms with E-state index in [2.05, 4.69) is 26.3 Å². The molecule has 0 N–H and O–H groups in total. The number of halogens is 1. The van der Waals surface area contributed by atoms with Crippen molar-refractivity contribution in [1.82, 2.24) is 0 Å². The molecule has 0 amide bonds. The Morgan fingerprint density at radius 3 is 1.85 bits per heavy atom. The topological polar surface area (TPSA) is 71.1 Å². The molecule has 0 aliphatic carbocycles. The third-order valence-corrected chi connectivity index (χ3v) is 7.21. The Bertz CT molecular complexity index is 1470. The Labute approximate surface area is 271 Å². The summed E-state index contributed by atoms with van der Waals surface area (Å²) < 4.78 is 36.3. The molecule has 0 bridgehead atoms. The lowest BCUT2D eigenvalue weighted by Gasteiger charge is -2.12. The highest BCUT2D eigenvalue weighted by Gasteiger charge is 2.13. The fourth-order valence-corrected chi connectivity index (χ4v) is 4.54. The van der Waals surface area contributed by atoms with Gasteiger partial charge in [0.1, 0.15) is 17.3 Å². The van der Waals surface area contributed by atoms with Crippen LogP contribution in [0.5, 0.6) is 11.5 Å². The van der Waals surface area contributed by atoms with Crippen molar-refractivity contribution >= 4 is 17.7 Å². The van der Waals surface area contributed by atoms with E-state index in [0.29, 0.717) is 30.1 Å². The Hall–Kier alpha value is -4.91. The van der Waals surface area contributed by atoms with E-state index in [1.165, 1.54) is 12.1 Å². The minimum atomic E-state index is -0.676. The van der Waals surface area contributed by atoms with Gasteiger partial charge in [-0.25, -0.2) is 14.0 Å². The minimum Gasteiger partial charge on any atom is -0.494 e. The number of carbonyl (C=O) groups is 2. The molecule has 3 rings (SSSR count). The van der Waals surface area contributed by atoms with Crippen LogP contribution in [0, 0.1) is 5.82 Å². The zero-order valence-corrected chi connectivity index (χ0v) is 26.4. The van der Waals surface area contributed by atoms with Crippen molar-refractivity contribution in [3.8, 4) is 11.5 Å². The minimum absolute atomic E-state index is 0.0285. The molecule has 0 saturated heterocycles. The summed E-state index contributed by atoms with van der Waals surface area (Å²) in [5, 5.41) is 0. The van der Waals surface area contributed by atoms with Crippen LogP contribution in [-0.4, -0.2) is 25.2 Å². The maximum Gasteiger partial charge on any atom is 0.343 e. The summed E-state index contributed by atoms with van der Waals surface area (Å²) in [5.74, 6) is -0.716. The number of rotatable bonds is 21. The maximum atomic E-state index is 14.8. The fraction of sp³-hybridized carbons (Fsp3) is 0.282. The van der Waals surface area contributed by atoms with Crippen LogP contribution in [0.3, 0.4) is 0 Å². The predicted octanol–water partition coefficient (Wildman–Crippen LogP) is 9.36. The lowest BCUT2D eigenvalue weighted by molar-refractivity contribution is -0.137. The van der Waals surface area contributed by atoms with E-state index in [-0.39, 0.29) is 17.3 Å². The molecule has 3 aromatic rings. The number of unbranched alkanes of at least 4 members (excludes halogenated alkanes) is 5. The van der Waals surface area contributed by atoms with Gasteiger partial charge in [-0.15, -0.1) is 0 Å². The van der Waals surface area contributed by atoms with Crippen molar-refractivity contribution in [3.63, 3.8) is 0 Å². The van der Waals surface area contributed by atoms with E-state index >= 15 is 0 Å². The molecule has 0 radical (unpaired) electrons. The second-order valence-electron chi connectivity index (χ2n) is 10.8. The van der Waals surface area contributed by atoms with Crippen molar-refractivity contribution in [1.29, 1.82) is 0 Å². The fourth-order valence-electron chi connectivity index (χ4n) is 4.54. The van der Waals surface area contributed by atoms with Gasteiger partial charge < -0.3 is 18.9 Å². The average molecular weight is 627 g/mol. The smallest absolute Gasteiger partial charge is 0.343 e. The molecule has 6 nitrogen and oxygen atoms in total. The first-order chi connectivity index (χ1) is 22.3. The Morgan fingerprint density at radius 2 is 1.22 bits per heavy atom. The summed E-state index contributed by atoms with van der Waals surface area (Å²) >= 11 is 0. The molecule has 0 aliphatic rings. The normalized spacial score (nSPS) is 10.5. The molecule has 0 atom stereocenters. The Kier molecular flexibility index (Phi) is 15.1. The standard InChI is InChI=1S/C39H43FO6/c1-5-29(3)43-26-12-9-7-8-10-14-31-18-22-34(23-19-31)39(42)46-35-24-25-37(36(40)28-35)45-30(4)33-20-16-32(17-21-33)15-11-13-27-44-38(41)6-2/h5-6,16-25,28H,1-4,7-15,26-27H2. The molecule has 0 spiro atoms. The largest absolute Gasteiger partial charge is 0.494 e. The van der Waals surface area contributed by atoms with Crippen molar-refractivity contribution < 1.29 is 32.9 Å². The first-order valence-electron chi connectivity index (χ1n) is 15.6. The number of hydrogen-bond donors (Lipinski definition) is 0. The SMILES string of the molecule is C=CC(=C)OCCCCCCCc1ccc(C(=O)Oc2ccc(OC(=C)c3ccc(CCCCOC(=O)C=C)cc3)c(F)c2)cc1. The van der Waals surface area contributed by atoms with Crippen molar-refractivity contribution in [2.75, 3.05) is 13.2 Å². The monoisotopic (exact) mass is 626 g/mol. The van der Waals surface area contributed by atoms with Gasteiger partial charge in [-0.2, -0.15) is 0 Å². The summed E-state index contributed by atoms with van der Waals surface area (Å²) in [6.07, 6.45) is 11.5. The van der Waals surface area contributed by atoms with Crippen LogP contribution < -0.4 is 9.47 Å². The van der Waals surface area contributed by atoms with Crippen molar-refractivity contribution in [2.24, 2.45) is 0 Å². The van der Waals surface area contributed by atoms with Crippen LogP contribution in [0.15, 0.2) is 111 Å². The van der Waals surface area contributed by atoms with Crippen LogP contribution in [0.2, 0.25) is 0 Å². The number of benzene rings is 3. The summed E-state index contributed by atoms with van der Waals surface area (Å²) in [6.45, 7) is 15.7. The molecule has 0 aromatic heterocycles. The van der Waals surface area contributed by atoms with Crippen LogP contribution in [0.1, 0.15) is 72.0 Å². The molecule has 0 saturated carbocycles. The van der Waals surface area contributed by atoms with Gasteiger partial charge in [0.05, 0.1) is 18.8 Å². The van der Waals surface area contributed by atoms with Gasteiger partial charge in [-0.1, -0.05) is 82.0 Å². The molecule has 242 valence electrons. The van der Waals surface area contributed by atoms with Crippen molar-refractivity contribution in [2.45, 2.75) is 57.8 Å². The quantitative estimate of drug-likeness (QED) is 0.0293. The highest BCUT2D eigenvalue weighted by atomic mass is 19.1. The average Bonchev–Trinajstić information content (AvgIpc) is 3.07. The first-order valence-corrected chi connectivity index (χ1v) is 15.6. The number of allylic oxidation sites excluding steroid dienone is 1. The van der Waals surface area contributed by atoms with Crippen molar-refractivity contribution in [3.05, 3.63) is 139 Å². The molecule has 46 heavy (non-hydrogen) atoms. The zero-order valence-electron chi connectivity index (χ0n) is 26.4. The molecule has 7 heteroatoms. The summed E-state index contributed by atoms with van der Waals surface area (Å²) in [5.41, 5.74) is 3.35. The highest BCUT2D eigenvalue weighted by molar-refractivity contribution is 5.91. The lowest BCUT2D eigenvalue weighted by atomic mass is 10.0. The van der Waals surface area contributed by atoms with E-state index in [0.717, 1.165) is 81.1 Å². The summed E-state index contributed by atoms with van der Waals surface area (Å²) in [7, 11) is 0. The predicted molar refractivity (Wildman–Crippen MR) is 180 cm³/mol. The molecule has 0 heterocycles. The lowest BCUT2D eigenvalue weighted by Crippen LogP contribution is -2.09. The summed E-state index contributed by atoms with van der Waals surface area (Å²) in [4.78, 5) is 23.7. The second kappa shape index (κ2) is 19.5. The van der Waals surface area contributed by atoms with E-state index in [1.807, 2.05) is 36.4 Å². The van der Waals surface area contributed by atoms with Gasteiger partial charge >= 0.3 is 11.9 Å². The number of carbonyl (C=O) groups excluding carboxylic acids is 2. The van der Waals surface area contributed by atoms with Gasteiger partial charge in [-0.3, -0.25) is 0 Å². The molecular weight excluding hydrogens is 583 g/mol. The number of aryl methyl sites for hydroxylation is 2. The highest BCUT2D eigenvalue weighted by Crippen LogP contribution is 2.27. The van der Waals surface area contributed by atoms with Gasteiger partial charge in [0, 0.05) is 17.7 Å². The van der Waals surface area contributed by atoms with E-state index in [1.54, 1.807) is 18.2 Å². The van der Waals surface area contributed by atoms with Crippen LogP contribution in [-0.2, 0) is 27.1 Å².